The van der Waals surface area contributed by atoms with Gasteiger partial charge in [-0.05, 0) is 29.3 Å². The zero-order chi connectivity index (χ0) is 17.5. The summed E-state index contributed by atoms with van der Waals surface area (Å²) >= 11 is 0. The lowest BCUT2D eigenvalue weighted by molar-refractivity contribution is -0.124. The van der Waals surface area contributed by atoms with E-state index in [9.17, 15) is 4.79 Å². The minimum atomic E-state index is -0.544. The number of nitrogens with zero attached hydrogens (tertiary/aromatic N) is 1. The molecule has 0 spiro atoms. The molecule has 0 atom stereocenters. The van der Waals surface area contributed by atoms with Crippen LogP contribution >= 0.6 is 0 Å². The Kier molecular flexibility index (Phi) is 5.56. The van der Waals surface area contributed by atoms with E-state index >= 15 is 0 Å². The quantitative estimate of drug-likeness (QED) is 0.231. The van der Waals surface area contributed by atoms with Crippen molar-refractivity contribution in [1.29, 1.82) is 0 Å². The van der Waals surface area contributed by atoms with E-state index in [1.807, 2.05) is 42.7 Å². The molecule has 6 nitrogen and oxygen atoms in total. The van der Waals surface area contributed by atoms with Crippen LogP contribution in [0, 0.1) is 0 Å². The van der Waals surface area contributed by atoms with E-state index < -0.39 is 5.91 Å². The van der Waals surface area contributed by atoms with Gasteiger partial charge in [-0.15, -0.1) is 0 Å². The number of fused-ring (bicyclic) bond motifs is 1. The Labute approximate surface area is 145 Å². The van der Waals surface area contributed by atoms with Crippen LogP contribution in [-0.2, 0) is 17.8 Å². The van der Waals surface area contributed by atoms with Crippen LogP contribution in [-0.4, -0.2) is 27.6 Å². The number of amides is 1. The lowest BCUT2D eigenvalue weighted by Crippen LogP contribution is -2.17. The number of H-pyrrole nitrogens is 1. The molecule has 25 heavy (non-hydrogen) atoms. The molecule has 0 bridgehead atoms. The maximum atomic E-state index is 10.9. The van der Waals surface area contributed by atoms with E-state index in [1.165, 1.54) is 11.5 Å². The van der Waals surface area contributed by atoms with E-state index in [1.54, 1.807) is 11.6 Å². The van der Waals surface area contributed by atoms with Crippen LogP contribution in [0.2, 0.25) is 0 Å². The van der Waals surface area contributed by atoms with Gasteiger partial charge in [-0.25, -0.2) is 5.48 Å². The van der Waals surface area contributed by atoms with Crippen LogP contribution in [0.1, 0.15) is 16.8 Å². The van der Waals surface area contributed by atoms with Crippen LogP contribution < -0.4 is 10.8 Å². The fourth-order valence-corrected chi connectivity index (χ4v) is 2.54. The highest BCUT2D eigenvalue weighted by Crippen LogP contribution is 2.12. The smallest absolute Gasteiger partial charge is 0.267 e. The largest absolute Gasteiger partial charge is 0.360 e. The van der Waals surface area contributed by atoms with Crippen molar-refractivity contribution in [3.8, 4) is 0 Å². The lowest BCUT2D eigenvalue weighted by Gasteiger charge is -2.05. The molecule has 0 aliphatic carbocycles. The minimum Gasteiger partial charge on any atom is -0.360 e. The summed E-state index contributed by atoms with van der Waals surface area (Å²) in [5.74, 6) is -0.544. The molecule has 4 N–H and O–H groups in total. The number of hydrogen-bond donors (Lipinski definition) is 4. The Hall–Kier alpha value is -2.96. The number of carbonyl (C=O) groups is 1. The molecule has 1 amide bonds. The summed E-state index contributed by atoms with van der Waals surface area (Å²) in [6.07, 6.45) is 7.59. The molecular formula is C19H20N4O2. The summed E-state index contributed by atoms with van der Waals surface area (Å²) in [5, 5.41) is 13.0. The first kappa shape index (κ1) is 16.9. The molecule has 6 heteroatoms. The van der Waals surface area contributed by atoms with Gasteiger partial charge in [0.1, 0.15) is 0 Å². The maximum Gasteiger partial charge on any atom is 0.267 e. The highest BCUT2D eigenvalue weighted by molar-refractivity contribution is 5.90. The summed E-state index contributed by atoms with van der Waals surface area (Å²) in [6.45, 7) is 1.62. The molecule has 0 fully saturated rings. The number of nitrogens with one attached hydrogen (secondary N) is 3. The fourth-order valence-electron chi connectivity index (χ4n) is 2.54. The number of aromatic amines is 1. The Morgan fingerprint density at radius 2 is 2.08 bits per heavy atom. The fraction of sp³-hybridized carbons (Fsp3) is 0.158. The third-order valence-electron chi connectivity index (χ3n) is 3.90. The summed E-state index contributed by atoms with van der Waals surface area (Å²) in [4.78, 5) is 18.5. The molecule has 0 saturated carbocycles. The number of hydroxylamine groups is 1. The van der Waals surface area contributed by atoms with Gasteiger partial charge < -0.3 is 10.3 Å². The van der Waals surface area contributed by atoms with E-state index in [-0.39, 0.29) is 0 Å². The zero-order valence-corrected chi connectivity index (χ0v) is 13.7. The topological polar surface area (TPSA) is 90.0 Å². The van der Waals surface area contributed by atoms with Gasteiger partial charge in [0.2, 0.25) is 0 Å². The SMILES string of the molecule is O=C(/C=C/c1ccc(CNCCc2cc3cc[nH]c3cn2)cc1)NO. The molecular weight excluding hydrogens is 316 g/mol. The summed E-state index contributed by atoms with van der Waals surface area (Å²) in [5.41, 5.74) is 5.75. The average molecular weight is 336 g/mol. The normalized spacial score (nSPS) is 11.2. The number of carbonyl (C=O) groups excluding carboxylic acids is 1. The van der Waals surface area contributed by atoms with Gasteiger partial charge in [0.25, 0.3) is 5.91 Å². The molecule has 1 aromatic carbocycles. The van der Waals surface area contributed by atoms with Crippen LogP contribution in [0.15, 0.2) is 54.9 Å². The summed E-state index contributed by atoms with van der Waals surface area (Å²) in [7, 11) is 0. The predicted molar refractivity (Wildman–Crippen MR) is 96.9 cm³/mol. The van der Waals surface area contributed by atoms with Gasteiger partial charge in [-0.1, -0.05) is 24.3 Å². The summed E-state index contributed by atoms with van der Waals surface area (Å²) < 4.78 is 0. The Balaban J connectivity index is 1.45. The van der Waals surface area contributed by atoms with Gasteiger partial charge in [0, 0.05) is 42.9 Å². The maximum absolute atomic E-state index is 10.9. The first-order valence-electron chi connectivity index (χ1n) is 8.08. The molecule has 0 saturated heterocycles. The van der Waals surface area contributed by atoms with Gasteiger partial charge in [-0.2, -0.15) is 0 Å². The molecule has 3 rings (SSSR count). The lowest BCUT2D eigenvalue weighted by atomic mass is 10.1. The van der Waals surface area contributed by atoms with Crippen molar-refractivity contribution in [3.05, 3.63) is 71.7 Å². The second-order valence-corrected chi connectivity index (χ2v) is 5.72. The monoisotopic (exact) mass is 336 g/mol. The van der Waals surface area contributed by atoms with Crippen molar-refractivity contribution < 1.29 is 10.0 Å². The Morgan fingerprint density at radius 1 is 1.24 bits per heavy atom. The van der Waals surface area contributed by atoms with Crippen LogP contribution in [0.3, 0.4) is 0 Å². The van der Waals surface area contributed by atoms with Crippen molar-refractivity contribution in [3.63, 3.8) is 0 Å². The number of rotatable bonds is 7. The third kappa shape index (κ3) is 4.76. The van der Waals surface area contributed by atoms with Gasteiger partial charge in [0.15, 0.2) is 0 Å². The molecule has 3 aromatic rings. The highest BCUT2D eigenvalue weighted by atomic mass is 16.5. The number of hydrogen-bond acceptors (Lipinski definition) is 4. The summed E-state index contributed by atoms with van der Waals surface area (Å²) in [6, 6.07) is 12.0. The molecule has 0 unspecified atom stereocenters. The van der Waals surface area contributed by atoms with Gasteiger partial charge >= 0.3 is 0 Å². The van der Waals surface area contributed by atoms with Crippen LogP contribution in [0.25, 0.3) is 17.0 Å². The van der Waals surface area contributed by atoms with Crippen molar-refractivity contribution in [2.24, 2.45) is 0 Å². The second kappa shape index (κ2) is 8.23. The van der Waals surface area contributed by atoms with Crippen molar-refractivity contribution >= 4 is 22.9 Å². The molecule has 0 radical (unpaired) electrons. The minimum absolute atomic E-state index is 0.544. The van der Waals surface area contributed by atoms with E-state index in [0.717, 1.165) is 41.8 Å². The Morgan fingerprint density at radius 3 is 2.88 bits per heavy atom. The van der Waals surface area contributed by atoms with Crippen molar-refractivity contribution in [2.75, 3.05) is 6.54 Å². The molecule has 0 aliphatic rings. The third-order valence-corrected chi connectivity index (χ3v) is 3.90. The molecule has 0 aliphatic heterocycles. The van der Waals surface area contributed by atoms with Gasteiger partial charge in [0.05, 0.1) is 11.7 Å². The number of aromatic nitrogens is 2. The van der Waals surface area contributed by atoms with Crippen LogP contribution in [0.5, 0.6) is 0 Å². The Bertz CT molecular complexity index is 869. The van der Waals surface area contributed by atoms with Crippen molar-refractivity contribution in [1.82, 2.24) is 20.8 Å². The van der Waals surface area contributed by atoms with E-state index in [2.05, 4.69) is 21.4 Å². The van der Waals surface area contributed by atoms with Crippen LogP contribution in [0.4, 0.5) is 0 Å². The molecule has 128 valence electrons. The molecule has 2 aromatic heterocycles. The molecule has 2 heterocycles. The van der Waals surface area contributed by atoms with E-state index in [4.69, 9.17) is 5.21 Å². The first-order chi connectivity index (χ1) is 12.2. The number of benzene rings is 1. The standard InChI is InChI=1S/C19H20N4O2/c24-19(23-25)6-5-14-1-3-15(4-2-14)12-20-9-8-17-11-16-7-10-21-18(16)13-22-17/h1-7,10-11,13,20-21,25H,8-9,12H2,(H,23,24)/b6-5+. The highest BCUT2D eigenvalue weighted by Gasteiger charge is 1.99. The predicted octanol–water partition coefficient (Wildman–Crippen LogP) is 2.41. The van der Waals surface area contributed by atoms with E-state index in [0.29, 0.717) is 0 Å². The van der Waals surface area contributed by atoms with Crippen molar-refractivity contribution in [2.45, 2.75) is 13.0 Å². The first-order valence-corrected chi connectivity index (χ1v) is 8.08. The average Bonchev–Trinajstić information content (AvgIpc) is 3.12. The second-order valence-electron chi connectivity index (χ2n) is 5.72. The number of pyridine rings is 1. The van der Waals surface area contributed by atoms with Gasteiger partial charge in [-0.3, -0.25) is 15.0 Å². The zero-order valence-electron chi connectivity index (χ0n) is 13.7.